The van der Waals surface area contributed by atoms with Crippen LogP contribution in [-0.2, 0) is 21.2 Å². The Labute approximate surface area is 158 Å². The molecule has 2 aromatic carbocycles. The minimum absolute atomic E-state index is 0.0865. The number of hydrogen-bond donors (Lipinski definition) is 1. The molecule has 1 atom stereocenters. The van der Waals surface area contributed by atoms with E-state index in [1.165, 1.54) is 6.92 Å². The van der Waals surface area contributed by atoms with E-state index in [-0.39, 0.29) is 16.1 Å². The average molecular weight is 391 g/mol. The molecule has 1 aliphatic rings. The molecule has 1 aliphatic heterocycles. The lowest BCUT2D eigenvalue weighted by molar-refractivity contribution is -0.116. The van der Waals surface area contributed by atoms with Crippen LogP contribution in [-0.4, -0.2) is 26.1 Å². The Morgan fingerprint density at radius 3 is 2.73 bits per heavy atom. The summed E-state index contributed by atoms with van der Waals surface area (Å²) in [5.74, 6) is -0.0865. The van der Waals surface area contributed by atoms with Crippen LogP contribution in [0.5, 0.6) is 0 Å². The van der Waals surface area contributed by atoms with E-state index < -0.39 is 10.0 Å². The fourth-order valence-electron chi connectivity index (χ4n) is 2.95. The fraction of sp³-hybridized carbons (Fsp3) is 0.316. The van der Waals surface area contributed by atoms with Gasteiger partial charge in [0.05, 0.1) is 10.6 Å². The number of carbonyl (C=O) groups excluding carboxylic acids is 1. The summed E-state index contributed by atoms with van der Waals surface area (Å²) in [6.45, 7) is 6.15. The van der Waals surface area contributed by atoms with Gasteiger partial charge in [0, 0.05) is 29.3 Å². The number of rotatable bonds is 4. The number of thioether (sulfide) groups is 1. The number of aryl methyl sites for hydroxylation is 1. The zero-order chi connectivity index (χ0) is 18.9. The van der Waals surface area contributed by atoms with Crippen molar-refractivity contribution in [2.24, 2.45) is 0 Å². The predicted molar refractivity (Wildman–Crippen MR) is 106 cm³/mol. The summed E-state index contributed by atoms with van der Waals surface area (Å²) < 4.78 is 28.2. The van der Waals surface area contributed by atoms with Crippen molar-refractivity contribution in [3.63, 3.8) is 0 Å². The van der Waals surface area contributed by atoms with E-state index in [4.69, 9.17) is 0 Å². The minimum Gasteiger partial charge on any atom is -0.310 e. The Bertz CT molecular complexity index is 942. The molecule has 138 valence electrons. The quantitative estimate of drug-likeness (QED) is 0.860. The highest BCUT2D eigenvalue weighted by atomic mass is 32.2. The van der Waals surface area contributed by atoms with Gasteiger partial charge in [0.2, 0.25) is 5.91 Å². The summed E-state index contributed by atoms with van der Waals surface area (Å²) in [5.41, 5.74) is 2.25. The maximum absolute atomic E-state index is 12.8. The van der Waals surface area contributed by atoms with Crippen molar-refractivity contribution >= 4 is 39.1 Å². The fourth-order valence-corrected chi connectivity index (χ4v) is 5.11. The number of fused-ring (bicyclic) bond motifs is 1. The molecule has 1 unspecified atom stereocenters. The van der Waals surface area contributed by atoms with E-state index in [1.807, 2.05) is 25.1 Å². The van der Waals surface area contributed by atoms with Crippen LogP contribution >= 0.6 is 11.8 Å². The van der Waals surface area contributed by atoms with Crippen molar-refractivity contribution in [2.45, 2.75) is 42.2 Å². The number of hydrogen-bond acceptors (Lipinski definition) is 4. The second kappa shape index (κ2) is 7.32. The van der Waals surface area contributed by atoms with Crippen LogP contribution in [0.2, 0.25) is 0 Å². The van der Waals surface area contributed by atoms with Gasteiger partial charge in [-0.15, -0.1) is 11.8 Å². The van der Waals surface area contributed by atoms with Gasteiger partial charge in [-0.3, -0.25) is 9.52 Å². The van der Waals surface area contributed by atoms with Crippen molar-refractivity contribution in [1.29, 1.82) is 0 Å². The highest BCUT2D eigenvalue weighted by Crippen LogP contribution is 2.39. The molecule has 0 spiro atoms. The van der Waals surface area contributed by atoms with E-state index in [0.29, 0.717) is 17.9 Å². The number of nitrogens with zero attached hydrogens (tertiary/aromatic N) is 1. The first-order valence-electron chi connectivity index (χ1n) is 8.50. The monoisotopic (exact) mass is 390 g/mol. The summed E-state index contributed by atoms with van der Waals surface area (Å²) in [7, 11) is -3.73. The van der Waals surface area contributed by atoms with Gasteiger partial charge in [0.25, 0.3) is 10.0 Å². The first kappa shape index (κ1) is 18.8. The molecule has 0 aliphatic carbocycles. The Kier molecular flexibility index (Phi) is 5.29. The second-order valence-corrected chi connectivity index (χ2v) is 9.51. The van der Waals surface area contributed by atoms with Crippen LogP contribution in [0.3, 0.4) is 0 Å². The van der Waals surface area contributed by atoms with Crippen LogP contribution in [0.1, 0.15) is 26.3 Å². The van der Waals surface area contributed by atoms with Gasteiger partial charge in [0.1, 0.15) is 0 Å². The van der Waals surface area contributed by atoms with Crippen LogP contribution in [0.25, 0.3) is 0 Å². The lowest BCUT2D eigenvalue weighted by Crippen LogP contribution is -2.37. The molecule has 3 rings (SSSR count). The van der Waals surface area contributed by atoms with Gasteiger partial charge >= 0.3 is 0 Å². The summed E-state index contributed by atoms with van der Waals surface area (Å²) >= 11 is 1.65. The first-order chi connectivity index (χ1) is 12.3. The van der Waals surface area contributed by atoms with E-state index in [9.17, 15) is 13.2 Å². The molecule has 0 saturated carbocycles. The zero-order valence-electron chi connectivity index (χ0n) is 15.0. The van der Waals surface area contributed by atoms with E-state index in [2.05, 4.69) is 11.6 Å². The van der Waals surface area contributed by atoms with Gasteiger partial charge in [-0.05, 0) is 42.3 Å². The average Bonchev–Trinajstić information content (AvgIpc) is 2.60. The molecule has 0 saturated heterocycles. The van der Waals surface area contributed by atoms with Crippen molar-refractivity contribution in [3.8, 4) is 0 Å². The molecule has 0 fully saturated rings. The summed E-state index contributed by atoms with van der Waals surface area (Å²) in [5, 5.41) is 0.267. The minimum atomic E-state index is -3.73. The molecule has 1 amide bonds. The smallest absolute Gasteiger partial charge is 0.261 e. The van der Waals surface area contributed by atoms with E-state index in [1.54, 1.807) is 40.9 Å². The Balaban J connectivity index is 1.96. The number of anilines is 2. The molecule has 2 aromatic rings. The van der Waals surface area contributed by atoms with Gasteiger partial charge in [0.15, 0.2) is 0 Å². The topological polar surface area (TPSA) is 66.5 Å². The van der Waals surface area contributed by atoms with Crippen molar-refractivity contribution in [2.75, 3.05) is 16.2 Å². The van der Waals surface area contributed by atoms with Crippen LogP contribution < -0.4 is 9.62 Å². The zero-order valence-corrected chi connectivity index (χ0v) is 16.7. The molecular weight excluding hydrogens is 368 g/mol. The molecule has 0 radical (unpaired) electrons. The lowest BCUT2D eigenvalue weighted by atomic mass is 10.1. The third-order valence-electron chi connectivity index (χ3n) is 4.27. The van der Waals surface area contributed by atoms with Gasteiger partial charge < -0.3 is 4.90 Å². The number of carbonyl (C=O) groups is 1. The highest BCUT2D eigenvalue weighted by molar-refractivity contribution is 8.00. The Morgan fingerprint density at radius 1 is 1.27 bits per heavy atom. The Morgan fingerprint density at radius 2 is 2.04 bits per heavy atom. The van der Waals surface area contributed by atoms with Gasteiger partial charge in [-0.1, -0.05) is 26.0 Å². The van der Waals surface area contributed by atoms with Gasteiger partial charge in [-0.2, -0.15) is 0 Å². The summed E-state index contributed by atoms with van der Waals surface area (Å²) in [6.07, 6.45) is 0.831. The number of sulfonamides is 1. The molecule has 7 heteroatoms. The standard InChI is InChI=1S/C19H22N2O3S2/c1-4-15-6-5-7-16(10-15)20-26(23,24)17-8-9-19-18(11-17)21(14(3)22)12-13(2)25-19/h5-11,13,20H,4,12H2,1-3H3. The molecule has 1 N–H and O–H groups in total. The number of nitrogens with one attached hydrogen (secondary N) is 1. The SMILES string of the molecule is CCc1cccc(NS(=O)(=O)c2ccc3c(c2)N(C(C)=O)CC(C)S3)c1. The largest absolute Gasteiger partial charge is 0.310 e. The maximum Gasteiger partial charge on any atom is 0.261 e. The molecular formula is C19H22N2O3S2. The van der Waals surface area contributed by atoms with Crippen molar-refractivity contribution in [1.82, 2.24) is 0 Å². The highest BCUT2D eigenvalue weighted by Gasteiger charge is 2.27. The van der Waals surface area contributed by atoms with Crippen molar-refractivity contribution < 1.29 is 13.2 Å². The summed E-state index contributed by atoms with van der Waals surface area (Å²) in [6, 6.07) is 12.3. The van der Waals surface area contributed by atoms with Crippen LogP contribution in [0, 0.1) is 0 Å². The molecule has 0 aromatic heterocycles. The maximum atomic E-state index is 12.8. The van der Waals surface area contributed by atoms with Crippen molar-refractivity contribution in [3.05, 3.63) is 48.0 Å². The second-order valence-electron chi connectivity index (χ2n) is 6.35. The molecule has 5 nitrogen and oxygen atoms in total. The Hall–Kier alpha value is -1.99. The summed E-state index contributed by atoms with van der Waals surface area (Å²) in [4.78, 5) is 14.7. The van der Waals surface area contributed by atoms with Crippen LogP contribution in [0.4, 0.5) is 11.4 Å². The third kappa shape index (κ3) is 3.88. The van der Waals surface area contributed by atoms with E-state index in [0.717, 1.165) is 16.9 Å². The lowest BCUT2D eigenvalue weighted by Gasteiger charge is -2.32. The number of amides is 1. The number of benzene rings is 2. The predicted octanol–water partition coefficient (Wildman–Crippen LogP) is 3.90. The third-order valence-corrected chi connectivity index (χ3v) is 6.80. The molecule has 26 heavy (non-hydrogen) atoms. The molecule has 1 heterocycles. The normalized spacial score (nSPS) is 16.9. The molecule has 0 bridgehead atoms. The van der Waals surface area contributed by atoms with Gasteiger partial charge in [-0.25, -0.2) is 8.42 Å². The van der Waals surface area contributed by atoms with E-state index >= 15 is 0 Å². The van der Waals surface area contributed by atoms with Crippen LogP contribution in [0.15, 0.2) is 52.3 Å². The first-order valence-corrected chi connectivity index (χ1v) is 10.9.